The molecular weight excluding hydrogens is 514 g/mol. The molecule has 7 atom stereocenters. The van der Waals surface area contributed by atoms with Gasteiger partial charge in [0.25, 0.3) is 0 Å². The van der Waals surface area contributed by atoms with Crippen LogP contribution in [0.3, 0.4) is 0 Å². The zero-order chi connectivity index (χ0) is 30.3. The predicted molar refractivity (Wildman–Crippen MR) is 156 cm³/mol. The topological polar surface area (TPSA) is 113 Å². The fourth-order valence-corrected chi connectivity index (χ4v) is 5.28. The Hall–Kier alpha value is -1.78. The molecule has 1 aliphatic rings. The van der Waals surface area contributed by atoms with Crippen LogP contribution >= 0.6 is 0 Å². The van der Waals surface area contributed by atoms with Gasteiger partial charge in [-0.25, -0.2) is 0 Å². The summed E-state index contributed by atoms with van der Waals surface area (Å²) in [5.41, 5.74) is 0.791. The van der Waals surface area contributed by atoms with Gasteiger partial charge < -0.3 is 34.1 Å². The van der Waals surface area contributed by atoms with Gasteiger partial charge in [-0.3, -0.25) is 9.59 Å². The summed E-state index contributed by atoms with van der Waals surface area (Å²) in [7, 11) is 1.59. The van der Waals surface area contributed by atoms with E-state index in [2.05, 4.69) is 58.2 Å². The second-order valence-corrected chi connectivity index (χ2v) is 11.7. The fraction of sp³-hybridized carbons (Fsp3) is 0.806. The van der Waals surface area contributed by atoms with E-state index in [4.69, 9.17) is 23.7 Å². The van der Waals surface area contributed by atoms with Crippen molar-refractivity contribution in [1.29, 1.82) is 0 Å². The quantitative estimate of drug-likeness (QED) is 0.142. The summed E-state index contributed by atoms with van der Waals surface area (Å²) in [6.07, 6.45) is 8.19. The third-order valence-electron chi connectivity index (χ3n) is 7.11. The molecule has 0 aromatic carbocycles. The van der Waals surface area contributed by atoms with Gasteiger partial charge in [-0.1, -0.05) is 32.1 Å². The van der Waals surface area contributed by atoms with Crippen molar-refractivity contribution >= 4 is 11.9 Å². The number of hydrogen-bond donors (Lipinski definition) is 2. The van der Waals surface area contributed by atoms with Crippen LogP contribution in [-0.2, 0) is 33.3 Å². The number of ether oxygens (including phenoxy) is 5. The van der Waals surface area contributed by atoms with Gasteiger partial charge in [0.05, 0.1) is 43.2 Å². The van der Waals surface area contributed by atoms with Crippen molar-refractivity contribution in [2.45, 2.75) is 117 Å². The molecular formula is C31H55NO8. The molecule has 0 aromatic rings. The molecule has 1 aliphatic heterocycles. The summed E-state index contributed by atoms with van der Waals surface area (Å²) in [5.74, 6) is 0.261. The second kappa shape index (κ2) is 18.6. The Morgan fingerprint density at radius 1 is 1.12 bits per heavy atom. The van der Waals surface area contributed by atoms with Crippen LogP contribution in [-0.4, -0.2) is 86.6 Å². The molecule has 40 heavy (non-hydrogen) atoms. The first-order valence-electron chi connectivity index (χ1n) is 14.6. The summed E-state index contributed by atoms with van der Waals surface area (Å²) in [6, 6.07) is 0. The monoisotopic (exact) mass is 569 g/mol. The summed E-state index contributed by atoms with van der Waals surface area (Å²) in [4.78, 5) is 22.9. The van der Waals surface area contributed by atoms with E-state index in [-0.39, 0.29) is 74.1 Å². The molecule has 2 N–H and O–H groups in total. The van der Waals surface area contributed by atoms with Crippen LogP contribution in [0.15, 0.2) is 23.8 Å². The van der Waals surface area contributed by atoms with Crippen molar-refractivity contribution in [3.63, 3.8) is 0 Å². The van der Waals surface area contributed by atoms with Crippen LogP contribution in [0.2, 0.25) is 0 Å². The molecule has 0 aromatic heterocycles. The zero-order valence-electron chi connectivity index (χ0n) is 26.2. The number of esters is 1. The van der Waals surface area contributed by atoms with Gasteiger partial charge in [-0.15, -0.1) is 0 Å². The van der Waals surface area contributed by atoms with Crippen molar-refractivity contribution < 1.29 is 38.4 Å². The molecule has 0 saturated carbocycles. The lowest BCUT2D eigenvalue weighted by Gasteiger charge is -2.35. The van der Waals surface area contributed by atoms with Crippen LogP contribution in [0.4, 0.5) is 0 Å². The molecule has 1 rings (SSSR count). The maximum absolute atomic E-state index is 12.2. The highest BCUT2D eigenvalue weighted by atomic mass is 16.6. The van der Waals surface area contributed by atoms with E-state index in [1.165, 1.54) is 6.92 Å². The predicted octanol–water partition coefficient (Wildman–Crippen LogP) is 4.36. The van der Waals surface area contributed by atoms with E-state index in [9.17, 15) is 14.7 Å². The van der Waals surface area contributed by atoms with Gasteiger partial charge in [0.15, 0.2) is 0 Å². The number of amides is 1. The largest absolute Gasteiger partial charge is 0.463 e. The molecule has 1 saturated heterocycles. The average Bonchev–Trinajstić information content (AvgIpc) is 2.84. The Morgan fingerprint density at radius 2 is 1.82 bits per heavy atom. The van der Waals surface area contributed by atoms with Crippen LogP contribution < -0.4 is 5.32 Å². The van der Waals surface area contributed by atoms with E-state index < -0.39 is 6.10 Å². The SMILES string of the molecule is CO[C@H](C(C)OC(C)(C)C[C@H](C)/C=C/C=C(\C)[C@H]1O[C@@H](CNC(=O)CCOCCOC(C)=O)CC[C@@H]1C)[C@@H](C)O. The van der Waals surface area contributed by atoms with E-state index in [1.807, 2.05) is 6.92 Å². The van der Waals surface area contributed by atoms with Gasteiger partial charge in [-0.2, -0.15) is 0 Å². The molecule has 1 amide bonds. The van der Waals surface area contributed by atoms with E-state index in [0.717, 1.165) is 24.8 Å². The second-order valence-electron chi connectivity index (χ2n) is 11.7. The summed E-state index contributed by atoms with van der Waals surface area (Å²) in [6.45, 7) is 16.8. The Labute approximate surface area is 242 Å². The Bertz CT molecular complexity index is 809. The number of methoxy groups -OCH3 is 1. The van der Waals surface area contributed by atoms with Crippen molar-refractivity contribution in [3.05, 3.63) is 23.8 Å². The van der Waals surface area contributed by atoms with Gasteiger partial charge in [0.1, 0.15) is 12.7 Å². The molecule has 232 valence electrons. The Balaban J connectivity index is 2.50. The van der Waals surface area contributed by atoms with Crippen LogP contribution in [0.1, 0.15) is 81.1 Å². The van der Waals surface area contributed by atoms with Crippen LogP contribution in [0, 0.1) is 11.8 Å². The first kappa shape index (κ1) is 36.2. The van der Waals surface area contributed by atoms with Crippen molar-refractivity contribution in [2.75, 3.05) is 33.5 Å². The third-order valence-corrected chi connectivity index (χ3v) is 7.11. The smallest absolute Gasteiger partial charge is 0.302 e. The molecule has 9 heteroatoms. The van der Waals surface area contributed by atoms with Crippen LogP contribution in [0.5, 0.6) is 0 Å². The lowest BCUT2D eigenvalue weighted by atomic mass is 9.89. The standard InChI is InChI=1S/C31H55NO8/c1-21(19-31(7,8)40-25(5)30(36-9)24(4)33)11-10-12-22(2)29-23(3)13-14-27(39-29)20-32-28(35)15-16-37-17-18-38-26(6)34/h10-12,21,23-25,27,29-30,33H,13-20H2,1-9H3,(H,32,35)/b11-10+,22-12+/t21-,23+,24-,25?,27-,29-,30+/m1/s1. The van der Waals surface area contributed by atoms with E-state index >= 15 is 0 Å². The van der Waals surface area contributed by atoms with Gasteiger partial charge in [0.2, 0.25) is 5.91 Å². The number of aliphatic hydroxyl groups excluding tert-OH is 1. The van der Waals surface area contributed by atoms with Gasteiger partial charge in [-0.05, 0) is 71.3 Å². The summed E-state index contributed by atoms with van der Waals surface area (Å²) < 4.78 is 28.1. The number of nitrogens with one attached hydrogen (secondary N) is 1. The summed E-state index contributed by atoms with van der Waals surface area (Å²) in [5, 5.41) is 12.9. The Kier molecular flexibility index (Phi) is 16.9. The van der Waals surface area contributed by atoms with Crippen molar-refractivity contribution in [3.8, 4) is 0 Å². The third kappa shape index (κ3) is 14.7. The average molecular weight is 570 g/mol. The molecule has 9 nitrogen and oxygen atoms in total. The molecule has 1 heterocycles. The highest BCUT2D eigenvalue weighted by Crippen LogP contribution is 2.29. The van der Waals surface area contributed by atoms with E-state index in [0.29, 0.717) is 12.5 Å². The molecule has 1 fully saturated rings. The number of carbonyl (C=O) groups excluding carboxylic acids is 2. The Morgan fingerprint density at radius 3 is 2.45 bits per heavy atom. The number of aliphatic hydroxyl groups is 1. The lowest BCUT2D eigenvalue weighted by molar-refractivity contribution is -0.149. The minimum absolute atomic E-state index is 0.00675. The minimum Gasteiger partial charge on any atom is -0.463 e. The first-order chi connectivity index (χ1) is 18.8. The lowest BCUT2D eigenvalue weighted by Crippen LogP contribution is -2.42. The molecule has 0 spiro atoms. The number of allylic oxidation sites excluding steroid dienone is 3. The first-order valence-corrected chi connectivity index (χ1v) is 14.6. The minimum atomic E-state index is -0.605. The van der Waals surface area contributed by atoms with Crippen LogP contribution in [0.25, 0.3) is 0 Å². The maximum atomic E-state index is 12.2. The van der Waals surface area contributed by atoms with Crippen molar-refractivity contribution in [1.82, 2.24) is 5.32 Å². The number of carbonyl (C=O) groups is 2. The zero-order valence-corrected chi connectivity index (χ0v) is 26.2. The highest BCUT2D eigenvalue weighted by Gasteiger charge is 2.31. The molecule has 1 unspecified atom stereocenters. The normalized spacial score (nSPS) is 23.4. The number of rotatable bonds is 18. The maximum Gasteiger partial charge on any atom is 0.302 e. The molecule has 0 aliphatic carbocycles. The molecule has 0 radical (unpaired) electrons. The van der Waals surface area contributed by atoms with Gasteiger partial charge in [0, 0.05) is 27.0 Å². The fourth-order valence-electron chi connectivity index (χ4n) is 5.28. The highest BCUT2D eigenvalue weighted by molar-refractivity contribution is 5.75. The summed E-state index contributed by atoms with van der Waals surface area (Å²) >= 11 is 0. The van der Waals surface area contributed by atoms with E-state index in [1.54, 1.807) is 14.0 Å². The molecule has 0 bridgehead atoms. The van der Waals surface area contributed by atoms with Gasteiger partial charge >= 0.3 is 5.97 Å². The number of hydrogen-bond acceptors (Lipinski definition) is 8. The van der Waals surface area contributed by atoms with Crippen molar-refractivity contribution in [2.24, 2.45) is 11.8 Å².